The van der Waals surface area contributed by atoms with Crippen LogP contribution in [0.2, 0.25) is 0 Å². The molecule has 0 spiro atoms. The minimum absolute atomic E-state index is 0.229. The summed E-state index contributed by atoms with van der Waals surface area (Å²) in [6, 6.07) is 0. The number of aromatic nitrogens is 2. The van der Waals surface area contributed by atoms with E-state index >= 15 is 0 Å². The molecule has 0 unspecified atom stereocenters. The standard InChI is InChI=1S/C7H12N2/c1-7(2,3)6-4-8-9-5-6/h4-5H,1-3H3,(H,8,9). The van der Waals surface area contributed by atoms with Gasteiger partial charge in [0.15, 0.2) is 0 Å². The van der Waals surface area contributed by atoms with E-state index in [0.717, 1.165) is 0 Å². The van der Waals surface area contributed by atoms with Gasteiger partial charge in [0.2, 0.25) is 0 Å². The predicted octanol–water partition coefficient (Wildman–Crippen LogP) is 1.71. The second-order valence-electron chi connectivity index (χ2n) is 3.24. The molecule has 0 saturated carbocycles. The Bertz CT molecular complexity index is 169. The number of H-pyrrole nitrogens is 1. The Morgan fingerprint density at radius 2 is 2.11 bits per heavy atom. The lowest BCUT2D eigenvalue weighted by molar-refractivity contribution is 0.590. The smallest absolute Gasteiger partial charge is 0.0524 e. The quantitative estimate of drug-likeness (QED) is 0.560. The van der Waals surface area contributed by atoms with Gasteiger partial charge < -0.3 is 0 Å². The molecule has 1 aromatic heterocycles. The van der Waals surface area contributed by atoms with E-state index in [-0.39, 0.29) is 5.41 Å². The fraction of sp³-hybridized carbons (Fsp3) is 0.571. The molecule has 0 amide bonds. The van der Waals surface area contributed by atoms with Crippen LogP contribution in [0.5, 0.6) is 0 Å². The topological polar surface area (TPSA) is 28.7 Å². The van der Waals surface area contributed by atoms with E-state index in [1.54, 1.807) is 0 Å². The van der Waals surface area contributed by atoms with Gasteiger partial charge in [0.25, 0.3) is 0 Å². The minimum Gasteiger partial charge on any atom is -0.285 e. The van der Waals surface area contributed by atoms with Crippen molar-refractivity contribution in [2.24, 2.45) is 0 Å². The van der Waals surface area contributed by atoms with Crippen LogP contribution in [0, 0.1) is 0 Å². The zero-order valence-corrected chi connectivity index (χ0v) is 6.10. The van der Waals surface area contributed by atoms with Gasteiger partial charge in [0.05, 0.1) is 6.20 Å². The van der Waals surface area contributed by atoms with E-state index in [4.69, 9.17) is 0 Å². The highest BCUT2D eigenvalue weighted by Crippen LogP contribution is 2.19. The van der Waals surface area contributed by atoms with Crippen molar-refractivity contribution < 1.29 is 0 Å². The monoisotopic (exact) mass is 124 g/mol. The Morgan fingerprint density at radius 1 is 1.44 bits per heavy atom. The number of hydrogen-bond donors (Lipinski definition) is 1. The van der Waals surface area contributed by atoms with Crippen LogP contribution in [-0.2, 0) is 5.41 Å². The molecule has 9 heavy (non-hydrogen) atoms. The van der Waals surface area contributed by atoms with Crippen LogP contribution >= 0.6 is 0 Å². The van der Waals surface area contributed by atoms with Crippen LogP contribution in [0.4, 0.5) is 0 Å². The van der Waals surface area contributed by atoms with Crippen molar-refractivity contribution in [3.05, 3.63) is 18.0 Å². The minimum atomic E-state index is 0.229. The second kappa shape index (κ2) is 1.87. The lowest BCUT2D eigenvalue weighted by atomic mass is 9.90. The van der Waals surface area contributed by atoms with Gasteiger partial charge in [-0.3, -0.25) is 5.10 Å². The first-order chi connectivity index (χ1) is 4.11. The first-order valence-corrected chi connectivity index (χ1v) is 3.10. The highest BCUT2D eigenvalue weighted by atomic mass is 15.1. The van der Waals surface area contributed by atoms with E-state index in [0.29, 0.717) is 0 Å². The maximum Gasteiger partial charge on any atom is 0.0524 e. The van der Waals surface area contributed by atoms with Crippen LogP contribution in [0.1, 0.15) is 26.3 Å². The first-order valence-electron chi connectivity index (χ1n) is 3.10. The molecule has 0 aliphatic carbocycles. The molecule has 0 aliphatic heterocycles. The van der Waals surface area contributed by atoms with E-state index in [2.05, 4.69) is 31.0 Å². The summed E-state index contributed by atoms with van der Waals surface area (Å²) in [5.74, 6) is 0. The average Bonchev–Trinajstić information content (AvgIpc) is 2.08. The molecule has 1 aromatic rings. The van der Waals surface area contributed by atoms with Crippen molar-refractivity contribution in [2.75, 3.05) is 0 Å². The maximum atomic E-state index is 3.86. The van der Waals surface area contributed by atoms with Crippen LogP contribution in [0.15, 0.2) is 12.4 Å². The molecule has 0 bridgehead atoms. The summed E-state index contributed by atoms with van der Waals surface area (Å²) >= 11 is 0. The van der Waals surface area contributed by atoms with Crippen molar-refractivity contribution in [2.45, 2.75) is 26.2 Å². The molecule has 0 atom stereocenters. The Balaban J connectivity index is 2.90. The lowest BCUT2D eigenvalue weighted by Gasteiger charge is -2.14. The lowest BCUT2D eigenvalue weighted by Crippen LogP contribution is -2.09. The number of nitrogens with one attached hydrogen (secondary N) is 1. The Kier molecular flexibility index (Phi) is 1.31. The molecule has 2 nitrogen and oxygen atoms in total. The summed E-state index contributed by atoms with van der Waals surface area (Å²) in [6.07, 6.45) is 3.79. The van der Waals surface area contributed by atoms with Gasteiger partial charge in [-0.25, -0.2) is 0 Å². The largest absolute Gasteiger partial charge is 0.285 e. The predicted molar refractivity (Wildman–Crippen MR) is 37.3 cm³/mol. The molecule has 0 radical (unpaired) electrons. The van der Waals surface area contributed by atoms with Gasteiger partial charge >= 0.3 is 0 Å². The van der Waals surface area contributed by atoms with Crippen LogP contribution in [0.25, 0.3) is 0 Å². The molecule has 2 heteroatoms. The zero-order valence-electron chi connectivity index (χ0n) is 6.10. The van der Waals surface area contributed by atoms with Crippen LogP contribution < -0.4 is 0 Å². The Labute approximate surface area is 55.3 Å². The van der Waals surface area contributed by atoms with Crippen molar-refractivity contribution >= 4 is 0 Å². The number of rotatable bonds is 0. The summed E-state index contributed by atoms with van der Waals surface area (Å²) in [6.45, 7) is 6.49. The molecule has 0 aliphatic rings. The fourth-order valence-electron chi connectivity index (χ4n) is 0.661. The van der Waals surface area contributed by atoms with Gasteiger partial charge in [-0.15, -0.1) is 0 Å². The third-order valence-electron chi connectivity index (χ3n) is 1.36. The van der Waals surface area contributed by atoms with Gasteiger partial charge in [-0.05, 0) is 11.0 Å². The summed E-state index contributed by atoms with van der Waals surface area (Å²) in [5.41, 5.74) is 1.48. The molecule has 1 N–H and O–H groups in total. The maximum absolute atomic E-state index is 3.86. The fourth-order valence-corrected chi connectivity index (χ4v) is 0.661. The Hall–Kier alpha value is -0.790. The van der Waals surface area contributed by atoms with E-state index in [1.807, 2.05) is 12.4 Å². The molecular weight excluding hydrogens is 112 g/mol. The van der Waals surface area contributed by atoms with Gasteiger partial charge in [-0.1, -0.05) is 20.8 Å². The second-order valence-corrected chi connectivity index (χ2v) is 3.24. The normalized spacial score (nSPS) is 11.9. The third-order valence-corrected chi connectivity index (χ3v) is 1.36. The Morgan fingerprint density at radius 3 is 2.33 bits per heavy atom. The molecule has 1 rings (SSSR count). The summed E-state index contributed by atoms with van der Waals surface area (Å²) in [4.78, 5) is 0. The summed E-state index contributed by atoms with van der Waals surface area (Å²) in [7, 11) is 0. The van der Waals surface area contributed by atoms with Crippen molar-refractivity contribution in [1.82, 2.24) is 10.2 Å². The summed E-state index contributed by atoms with van der Waals surface area (Å²) < 4.78 is 0. The highest BCUT2D eigenvalue weighted by molar-refractivity contribution is 5.13. The number of nitrogens with zero attached hydrogens (tertiary/aromatic N) is 1. The van der Waals surface area contributed by atoms with E-state index in [1.165, 1.54) is 5.56 Å². The molecule has 0 saturated heterocycles. The first kappa shape index (κ1) is 6.33. The van der Waals surface area contributed by atoms with Crippen LogP contribution in [0.3, 0.4) is 0 Å². The van der Waals surface area contributed by atoms with Crippen molar-refractivity contribution in [1.29, 1.82) is 0 Å². The van der Waals surface area contributed by atoms with Gasteiger partial charge in [0.1, 0.15) is 0 Å². The molecule has 50 valence electrons. The van der Waals surface area contributed by atoms with Crippen molar-refractivity contribution in [3.8, 4) is 0 Å². The average molecular weight is 124 g/mol. The molecule has 0 fully saturated rings. The third kappa shape index (κ3) is 1.31. The van der Waals surface area contributed by atoms with E-state index < -0.39 is 0 Å². The molecule has 1 heterocycles. The number of aromatic amines is 1. The SMILES string of the molecule is CC(C)(C)c1cn[nH]c1. The number of hydrogen-bond acceptors (Lipinski definition) is 1. The highest BCUT2D eigenvalue weighted by Gasteiger charge is 2.13. The summed E-state index contributed by atoms with van der Waals surface area (Å²) in [5, 5.41) is 6.65. The van der Waals surface area contributed by atoms with E-state index in [9.17, 15) is 0 Å². The molecule has 0 aromatic carbocycles. The van der Waals surface area contributed by atoms with Gasteiger partial charge in [0, 0.05) is 6.20 Å². The molecular formula is C7H12N2. The van der Waals surface area contributed by atoms with Gasteiger partial charge in [-0.2, -0.15) is 5.10 Å². The van der Waals surface area contributed by atoms with Crippen molar-refractivity contribution in [3.63, 3.8) is 0 Å². The zero-order chi connectivity index (χ0) is 6.91. The van der Waals surface area contributed by atoms with Crippen LogP contribution in [-0.4, -0.2) is 10.2 Å².